The first-order valence-corrected chi connectivity index (χ1v) is 9.63. The van der Waals surface area contributed by atoms with E-state index in [1.54, 1.807) is 0 Å². The van der Waals surface area contributed by atoms with Crippen molar-refractivity contribution in [3.8, 4) is 0 Å². The van der Waals surface area contributed by atoms with Crippen LogP contribution in [0.25, 0.3) is 11.0 Å². The van der Waals surface area contributed by atoms with Gasteiger partial charge in [0.2, 0.25) is 0 Å². The summed E-state index contributed by atoms with van der Waals surface area (Å²) in [6.45, 7) is 10.9. The second-order valence-electron chi connectivity index (χ2n) is 7.90. The van der Waals surface area contributed by atoms with Gasteiger partial charge in [-0.25, -0.2) is 4.68 Å². The van der Waals surface area contributed by atoms with Gasteiger partial charge in [-0.05, 0) is 65.0 Å². The third-order valence-corrected chi connectivity index (χ3v) is 5.81. The summed E-state index contributed by atoms with van der Waals surface area (Å²) in [7, 11) is 0. The highest BCUT2D eigenvalue weighted by molar-refractivity contribution is 9.10. The van der Waals surface area contributed by atoms with Gasteiger partial charge in [0, 0.05) is 11.7 Å². The number of benzene rings is 2. The summed E-state index contributed by atoms with van der Waals surface area (Å²) >= 11 is 3.71. The molecule has 0 bridgehead atoms. The zero-order valence-electron chi connectivity index (χ0n) is 15.9. The van der Waals surface area contributed by atoms with Gasteiger partial charge in [-0.1, -0.05) is 38.1 Å². The van der Waals surface area contributed by atoms with Crippen LogP contribution in [-0.4, -0.2) is 15.0 Å². The maximum Gasteiger partial charge on any atom is 0.129 e. The minimum atomic E-state index is 0.105. The molecule has 2 unspecified atom stereocenters. The Bertz CT molecular complexity index is 908. The SMILES string of the molecule is CC(Nc1ccc2c(nnn2C(C)C(C)(C)C)c1Br)c1ccc(N)cc1. The second kappa shape index (κ2) is 6.91. The van der Waals surface area contributed by atoms with Crippen molar-refractivity contribution in [2.45, 2.75) is 46.7 Å². The molecule has 2 aromatic carbocycles. The molecule has 26 heavy (non-hydrogen) atoms. The lowest BCUT2D eigenvalue weighted by atomic mass is 9.88. The van der Waals surface area contributed by atoms with Crippen LogP contribution >= 0.6 is 15.9 Å². The molecule has 5 nitrogen and oxygen atoms in total. The van der Waals surface area contributed by atoms with E-state index in [9.17, 15) is 0 Å². The topological polar surface area (TPSA) is 68.8 Å². The summed E-state index contributed by atoms with van der Waals surface area (Å²) in [6, 6.07) is 12.5. The molecule has 0 aliphatic carbocycles. The van der Waals surface area contributed by atoms with Crippen molar-refractivity contribution < 1.29 is 0 Å². The van der Waals surface area contributed by atoms with Crippen LogP contribution in [0, 0.1) is 5.41 Å². The average Bonchev–Trinajstić information content (AvgIpc) is 3.01. The summed E-state index contributed by atoms with van der Waals surface area (Å²) in [6.07, 6.45) is 0. The highest BCUT2D eigenvalue weighted by atomic mass is 79.9. The van der Waals surface area contributed by atoms with Gasteiger partial charge in [-0.2, -0.15) is 0 Å². The number of aromatic nitrogens is 3. The van der Waals surface area contributed by atoms with Crippen molar-refractivity contribution in [3.05, 3.63) is 46.4 Å². The molecular formula is C20H26BrN5. The molecule has 2 atom stereocenters. The molecule has 3 aromatic rings. The van der Waals surface area contributed by atoms with Crippen LogP contribution in [0.2, 0.25) is 0 Å². The van der Waals surface area contributed by atoms with Gasteiger partial charge < -0.3 is 11.1 Å². The van der Waals surface area contributed by atoms with Crippen LogP contribution in [-0.2, 0) is 0 Å². The highest BCUT2D eigenvalue weighted by Gasteiger charge is 2.25. The third-order valence-electron chi connectivity index (χ3n) is 5.01. The molecule has 0 aliphatic rings. The van der Waals surface area contributed by atoms with Crippen LogP contribution in [0.4, 0.5) is 11.4 Å². The van der Waals surface area contributed by atoms with E-state index in [4.69, 9.17) is 5.73 Å². The zero-order valence-corrected chi connectivity index (χ0v) is 17.5. The molecule has 0 saturated carbocycles. The molecule has 0 fully saturated rings. The number of anilines is 2. The van der Waals surface area contributed by atoms with Crippen molar-refractivity contribution in [1.82, 2.24) is 15.0 Å². The predicted octanol–water partition coefficient (Wildman–Crippen LogP) is 5.56. The minimum Gasteiger partial charge on any atom is -0.399 e. The minimum absolute atomic E-state index is 0.105. The Kier molecular flexibility index (Phi) is 4.97. The Labute approximate surface area is 163 Å². The van der Waals surface area contributed by atoms with Crippen molar-refractivity contribution >= 4 is 38.3 Å². The Morgan fingerprint density at radius 1 is 1.08 bits per heavy atom. The smallest absolute Gasteiger partial charge is 0.129 e. The summed E-state index contributed by atoms with van der Waals surface area (Å²) in [5.41, 5.74) is 10.7. The maximum absolute atomic E-state index is 5.78. The molecule has 6 heteroatoms. The predicted molar refractivity (Wildman–Crippen MR) is 112 cm³/mol. The molecule has 3 N–H and O–H groups in total. The Morgan fingerprint density at radius 2 is 1.73 bits per heavy atom. The fourth-order valence-electron chi connectivity index (χ4n) is 2.84. The molecule has 0 saturated heterocycles. The van der Waals surface area contributed by atoms with Gasteiger partial charge in [0.25, 0.3) is 0 Å². The van der Waals surface area contributed by atoms with Crippen LogP contribution in [0.5, 0.6) is 0 Å². The molecule has 0 amide bonds. The van der Waals surface area contributed by atoms with Gasteiger partial charge in [-0.15, -0.1) is 5.10 Å². The number of nitrogen functional groups attached to an aromatic ring is 1. The molecule has 3 rings (SSSR count). The van der Waals surface area contributed by atoms with Gasteiger partial charge in [0.05, 0.1) is 21.7 Å². The van der Waals surface area contributed by atoms with Crippen molar-refractivity contribution in [2.24, 2.45) is 5.41 Å². The molecule has 0 radical (unpaired) electrons. The largest absolute Gasteiger partial charge is 0.399 e. The highest BCUT2D eigenvalue weighted by Crippen LogP contribution is 2.36. The first kappa shape index (κ1) is 18.7. The Morgan fingerprint density at radius 3 is 2.35 bits per heavy atom. The number of hydrogen-bond acceptors (Lipinski definition) is 4. The van der Waals surface area contributed by atoms with E-state index in [0.717, 1.165) is 26.9 Å². The lowest BCUT2D eigenvalue weighted by molar-refractivity contribution is 0.247. The molecule has 0 spiro atoms. The lowest BCUT2D eigenvalue weighted by Gasteiger charge is -2.27. The van der Waals surface area contributed by atoms with Gasteiger partial charge >= 0.3 is 0 Å². The molecule has 0 aliphatic heterocycles. The number of nitrogens with zero attached hydrogens (tertiary/aromatic N) is 3. The van der Waals surface area contributed by atoms with E-state index < -0.39 is 0 Å². The summed E-state index contributed by atoms with van der Waals surface area (Å²) in [5, 5.41) is 12.4. The van der Waals surface area contributed by atoms with E-state index in [1.807, 2.05) is 28.9 Å². The zero-order chi connectivity index (χ0) is 19.1. The second-order valence-corrected chi connectivity index (χ2v) is 8.70. The fourth-order valence-corrected chi connectivity index (χ4v) is 3.37. The van der Waals surface area contributed by atoms with Gasteiger partial charge in [0.15, 0.2) is 0 Å². The monoisotopic (exact) mass is 415 g/mol. The summed E-state index contributed by atoms with van der Waals surface area (Å²) in [4.78, 5) is 0. The number of nitrogens with two attached hydrogens (primary N) is 1. The van der Waals surface area contributed by atoms with Crippen LogP contribution in [0.3, 0.4) is 0 Å². The summed E-state index contributed by atoms with van der Waals surface area (Å²) < 4.78 is 2.94. The number of fused-ring (bicyclic) bond motifs is 1. The third kappa shape index (κ3) is 3.56. The average molecular weight is 416 g/mol. The van der Waals surface area contributed by atoms with E-state index in [2.05, 4.69) is 78.3 Å². The van der Waals surface area contributed by atoms with Gasteiger partial charge in [0.1, 0.15) is 5.52 Å². The molecule has 1 aromatic heterocycles. The van der Waals surface area contributed by atoms with Crippen molar-refractivity contribution in [2.75, 3.05) is 11.1 Å². The van der Waals surface area contributed by atoms with Crippen LogP contribution < -0.4 is 11.1 Å². The van der Waals surface area contributed by atoms with Gasteiger partial charge in [-0.3, -0.25) is 0 Å². The molecular weight excluding hydrogens is 390 g/mol. The molecule has 1 heterocycles. The Hall–Kier alpha value is -2.08. The van der Waals surface area contributed by atoms with E-state index in [1.165, 1.54) is 5.56 Å². The number of rotatable bonds is 4. The quantitative estimate of drug-likeness (QED) is 0.547. The number of hydrogen-bond donors (Lipinski definition) is 2. The maximum atomic E-state index is 5.78. The van der Waals surface area contributed by atoms with E-state index in [-0.39, 0.29) is 17.5 Å². The summed E-state index contributed by atoms with van der Waals surface area (Å²) in [5.74, 6) is 0. The lowest BCUT2D eigenvalue weighted by Crippen LogP contribution is -2.22. The standard InChI is InChI=1S/C20H26BrN5/c1-12(14-6-8-15(22)9-7-14)23-16-10-11-17-19(18(16)21)24-25-26(17)13(2)20(3,4)5/h6-13,23H,22H2,1-5H3. The Balaban J connectivity index is 1.91. The van der Waals surface area contributed by atoms with Crippen molar-refractivity contribution in [3.63, 3.8) is 0 Å². The van der Waals surface area contributed by atoms with Crippen molar-refractivity contribution in [1.29, 1.82) is 0 Å². The van der Waals surface area contributed by atoms with Crippen LogP contribution in [0.15, 0.2) is 40.9 Å². The normalized spacial score (nSPS) is 14.4. The first-order chi connectivity index (χ1) is 12.2. The number of nitrogens with one attached hydrogen (secondary N) is 1. The molecule has 138 valence electrons. The fraction of sp³-hybridized carbons (Fsp3) is 0.400. The van der Waals surface area contributed by atoms with E-state index in [0.29, 0.717) is 0 Å². The number of halogens is 1. The first-order valence-electron chi connectivity index (χ1n) is 8.84. The van der Waals surface area contributed by atoms with E-state index >= 15 is 0 Å². The van der Waals surface area contributed by atoms with Crippen LogP contribution in [0.1, 0.15) is 52.3 Å².